The summed E-state index contributed by atoms with van der Waals surface area (Å²) in [6, 6.07) is 14.0. The van der Waals surface area contributed by atoms with E-state index in [1.165, 1.54) is 0 Å². The third kappa shape index (κ3) is 4.58. The van der Waals surface area contributed by atoms with Gasteiger partial charge in [0.25, 0.3) is 5.56 Å². The van der Waals surface area contributed by atoms with Gasteiger partial charge in [0.15, 0.2) is 0 Å². The molecule has 31 heavy (non-hydrogen) atoms. The number of hydrogen-bond acceptors (Lipinski definition) is 6. The van der Waals surface area contributed by atoms with E-state index in [9.17, 15) is 14.4 Å². The second-order valence-electron chi connectivity index (χ2n) is 6.83. The van der Waals surface area contributed by atoms with E-state index in [0.717, 1.165) is 4.47 Å². The van der Waals surface area contributed by atoms with Gasteiger partial charge in [-0.05, 0) is 48.5 Å². The molecule has 10 heteroatoms. The highest BCUT2D eigenvalue weighted by molar-refractivity contribution is 9.10. The van der Waals surface area contributed by atoms with Crippen LogP contribution in [0.15, 0.2) is 57.8 Å². The summed E-state index contributed by atoms with van der Waals surface area (Å²) in [5.74, 6) is -0.920. The van der Waals surface area contributed by atoms with Crippen LogP contribution in [0.3, 0.4) is 0 Å². The lowest BCUT2D eigenvalue weighted by Gasteiger charge is -2.23. The molecule has 1 aromatic heterocycles. The smallest absolute Gasteiger partial charge is 0.258 e. The van der Waals surface area contributed by atoms with E-state index in [4.69, 9.17) is 4.74 Å². The van der Waals surface area contributed by atoms with Gasteiger partial charge in [-0.2, -0.15) is 4.98 Å². The molecule has 2 heterocycles. The van der Waals surface area contributed by atoms with Crippen molar-refractivity contribution >= 4 is 50.9 Å². The number of aromatic nitrogens is 2. The summed E-state index contributed by atoms with van der Waals surface area (Å²) < 4.78 is 5.98. The number of H-pyrrole nitrogens is 1. The number of nitrogens with one attached hydrogen (secondary N) is 4. The molecule has 1 aliphatic heterocycles. The Labute approximate surface area is 185 Å². The molecule has 0 aliphatic carbocycles. The molecule has 3 aromatic rings. The van der Waals surface area contributed by atoms with Gasteiger partial charge in [0.1, 0.15) is 11.6 Å². The van der Waals surface area contributed by atoms with Crippen LogP contribution in [0.1, 0.15) is 17.9 Å². The standard InChI is InChI=1S/C21H18BrN5O4/c1-31-14-8-6-13(7-9-14)24-21-26-18-17(20(30)27-21)15(10-16(28)25-18)19(29)23-12-4-2-11(22)3-5-12/h2-9,15H,10H2,1H3,(H,23,29)(H3,24,25,26,27,28,30). The molecular formula is C21H18BrN5O4. The number of amides is 2. The van der Waals surface area contributed by atoms with Crippen molar-refractivity contribution in [2.75, 3.05) is 23.1 Å². The number of nitrogens with zero attached hydrogens (tertiary/aromatic N) is 1. The van der Waals surface area contributed by atoms with Crippen molar-refractivity contribution in [1.29, 1.82) is 0 Å². The maximum absolute atomic E-state index is 12.8. The van der Waals surface area contributed by atoms with E-state index in [-0.39, 0.29) is 23.8 Å². The fraction of sp³-hybridized carbons (Fsp3) is 0.143. The van der Waals surface area contributed by atoms with Gasteiger partial charge in [0.2, 0.25) is 17.8 Å². The largest absolute Gasteiger partial charge is 0.497 e. The van der Waals surface area contributed by atoms with Crippen molar-refractivity contribution < 1.29 is 14.3 Å². The Balaban J connectivity index is 1.60. The van der Waals surface area contributed by atoms with E-state index >= 15 is 0 Å². The lowest BCUT2D eigenvalue weighted by atomic mass is 9.92. The molecule has 0 saturated heterocycles. The number of anilines is 4. The third-order valence-corrected chi connectivity index (χ3v) is 5.26. The number of carbonyl (C=O) groups is 2. The van der Waals surface area contributed by atoms with Crippen LogP contribution < -0.4 is 26.2 Å². The van der Waals surface area contributed by atoms with Gasteiger partial charge in [-0.1, -0.05) is 15.9 Å². The molecule has 4 rings (SSSR count). The molecule has 0 saturated carbocycles. The first-order chi connectivity index (χ1) is 14.9. The summed E-state index contributed by atoms with van der Waals surface area (Å²) >= 11 is 3.33. The number of hydrogen-bond donors (Lipinski definition) is 4. The number of aromatic amines is 1. The minimum Gasteiger partial charge on any atom is -0.497 e. The van der Waals surface area contributed by atoms with E-state index < -0.39 is 23.3 Å². The number of carbonyl (C=O) groups excluding carboxylic acids is 2. The minimum absolute atomic E-state index is 0.0620. The summed E-state index contributed by atoms with van der Waals surface area (Å²) in [5, 5.41) is 8.30. The molecule has 1 atom stereocenters. The van der Waals surface area contributed by atoms with E-state index in [0.29, 0.717) is 17.1 Å². The van der Waals surface area contributed by atoms with Crippen LogP contribution >= 0.6 is 15.9 Å². The molecule has 0 radical (unpaired) electrons. The number of benzene rings is 2. The molecule has 1 aliphatic rings. The van der Waals surface area contributed by atoms with Crippen molar-refractivity contribution in [3.05, 3.63) is 68.9 Å². The van der Waals surface area contributed by atoms with Gasteiger partial charge in [0, 0.05) is 22.3 Å². The maximum Gasteiger partial charge on any atom is 0.258 e. The number of ether oxygens (including phenoxy) is 1. The fourth-order valence-corrected chi connectivity index (χ4v) is 3.49. The summed E-state index contributed by atoms with van der Waals surface area (Å²) in [6.07, 6.45) is -0.147. The lowest BCUT2D eigenvalue weighted by Crippen LogP contribution is -2.36. The number of fused-ring (bicyclic) bond motifs is 1. The van der Waals surface area contributed by atoms with Crippen LogP contribution in [0.5, 0.6) is 5.75 Å². The molecule has 158 valence electrons. The molecular weight excluding hydrogens is 466 g/mol. The van der Waals surface area contributed by atoms with Crippen LogP contribution in [0, 0.1) is 0 Å². The lowest BCUT2D eigenvalue weighted by molar-refractivity contribution is -0.123. The Morgan fingerprint density at radius 1 is 1.10 bits per heavy atom. The van der Waals surface area contributed by atoms with E-state index in [1.54, 1.807) is 55.6 Å². The zero-order valence-electron chi connectivity index (χ0n) is 16.4. The average molecular weight is 484 g/mol. The SMILES string of the molecule is COc1ccc(Nc2nc3c(c(=O)[nH]2)C(C(=O)Nc2ccc(Br)cc2)CC(=O)N3)cc1. The van der Waals surface area contributed by atoms with Crippen LogP contribution in [-0.2, 0) is 9.59 Å². The highest BCUT2D eigenvalue weighted by Gasteiger charge is 2.34. The summed E-state index contributed by atoms with van der Waals surface area (Å²) in [6.45, 7) is 0. The predicted octanol–water partition coefficient (Wildman–Crippen LogP) is 3.35. The third-order valence-electron chi connectivity index (χ3n) is 4.73. The quantitative estimate of drug-likeness (QED) is 0.440. The zero-order valence-corrected chi connectivity index (χ0v) is 17.9. The zero-order chi connectivity index (χ0) is 22.0. The van der Waals surface area contributed by atoms with Gasteiger partial charge in [0.05, 0.1) is 18.6 Å². The molecule has 4 N–H and O–H groups in total. The molecule has 0 spiro atoms. The number of halogens is 1. The van der Waals surface area contributed by atoms with Crippen LogP contribution in [0.2, 0.25) is 0 Å². The van der Waals surface area contributed by atoms with Gasteiger partial charge >= 0.3 is 0 Å². The topological polar surface area (TPSA) is 125 Å². The molecule has 0 bridgehead atoms. The summed E-state index contributed by atoms with van der Waals surface area (Å²) in [4.78, 5) is 44.8. The van der Waals surface area contributed by atoms with Gasteiger partial charge in [-0.3, -0.25) is 19.4 Å². The fourth-order valence-electron chi connectivity index (χ4n) is 3.23. The first-order valence-electron chi connectivity index (χ1n) is 9.34. The van der Waals surface area contributed by atoms with Gasteiger partial charge < -0.3 is 20.7 Å². The van der Waals surface area contributed by atoms with Crippen LogP contribution in [0.4, 0.5) is 23.1 Å². The first kappa shape index (κ1) is 20.6. The molecule has 0 fully saturated rings. The molecule has 1 unspecified atom stereocenters. The number of methoxy groups -OCH3 is 1. The Morgan fingerprint density at radius 3 is 2.45 bits per heavy atom. The monoisotopic (exact) mass is 483 g/mol. The van der Waals surface area contributed by atoms with Crippen LogP contribution in [0.25, 0.3) is 0 Å². The van der Waals surface area contributed by atoms with Crippen molar-refractivity contribution in [3.63, 3.8) is 0 Å². The van der Waals surface area contributed by atoms with Gasteiger partial charge in [-0.25, -0.2) is 0 Å². The molecule has 9 nitrogen and oxygen atoms in total. The highest BCUT2D eigenvalue weighted by Crippen LogP contribution is 2.30. The Morgan fingerprint density at radius 2 is 1.77 bits per heavy atom. The molecule has 2 aromatic carbocycles. The van der Waals surface area contributed by atoms with E-state index in [2.05, 4.69) is 41.8 Å². The Hall–Kier alpha value is -3.66. The average Bonchev–Trinajstić information content (AvgIpc) is 2.75. The minimum atomic E-state index is -0.960. The Kier molecular flexibility index (Phi) is 5.72. The second kappa shape index (κ2) is 8.60. The van der Waals surface area contributed by atoms with Gasteiger partial charge in [-0.15, -0.1) is 0 Å². The van der Waals surface area contributed by atoms with Crippen molar-refractivity contribution in [3.8, 4) is 5.75 Å². The number of rotatable bonds is 5. The van der Waals surface area contributed by atoms with Crippen molar-refractivity contribution in [2.24, 2.45) is 0 Å². The highest BCUT2D eigenvalue weighted by atomic mass is 79.9. The Bertz CT molecular complexity index is 1190. The maximum atomic E-state index is 12.8. The van der Waals surface area contributed by atoms with E-state index in [1.807, 2.05) is 0 Å². The van der Waals surface area contributed by atoms with Crippen molar-refractivity contribution in [1.82, 2.24) is 9.97 Å². The second-order valence-corrected chi connectivity index (χ2v) is 7.75. The first-order valence-corrected chi connectivity index (χ1v) is 10.1. The summed E-state index contributed by atoms with van der Waals surface area (Å²) in [5.41, 5.74) is 0.838. The summed E-state index contributed by atoms with van der Waals surface area (Å²) in [7, 11) is 1.57. The normalized spacial score (nSPS) is 14.9. The van der Waals surface area contributed by atoms with Crippen molar-refractivity contribution in [2.45, 2.75) is 12.3 Å². The molecule has 2 amide bonds. The van der Waals surface area contributed by atoms with Crippen LogP contribution in [-0.4, -0.2) is 28.9 Å². The predicted molar refractivity (Wildman–Crippen MR) is 120 cm³/mol.